The molecule has 6 nitrogen and oxygen atoms in total. The first-order valence-corrected chi connectivity index (χ1v) is 8.48. The van der Waals surface area contributed by atoms with Crippen LogP contribution in [0.5, 0.6) is 0 Å². The molecule has 0 aliphatic rings. The van der Waals surface area contributed by atoms with E-state index in [1.807, 2.05) is 31.2 Å². The van der Waals surface area contributed by atoms with Gasteiger partial charge in [0.05, 0.1) is 0 Å². The summed E-state index contributed by atoms with van der Waals surface area (Å²) < 4.78 is 0. The second-order valence-electron chi connectivity index (χ2n) is 6.17. The minimum absolute atomic E-state index is 0.0825. The number of hydrogen-bond donors (Lipinski definition) is 2. The first kappa shape index (κ1) is 19.9. The van der Waals surface area contributed by atoms with Gasteiger partial charge in [0.25, 0.3) is 5.91 Å². The lowest BCUT2D eigenvalue weighted by molar-refractivity contribution is -0.120. The predicted molar refractivity (Wildman–Crippen MR) is 107 cm³/mol. The largest absolute Gasteiger partial charge is 0.322 e. The third-order valence-corrected chi connectivity index (χ3v) is 4.03. The SMILES string of the molecule is CC(=O)NC(=Cc1ccccc1C)C(=O)Nc1ccc(N(C)C(C)=O)cc1. The van der Waals surface area contributed by atoms with Crippen molar-refractivity contribution in [3.63, 3.8) is 0 Å². The van der Waals surface area contributed by atoms with Crippen LogP contribution in [0, 0.1) is 6.92 Å². The van der Waals surface area contributed by atoms with Crippen molar-refractivity contribution in [2.45, 2.75) is 20.8 Å². The number of aryl methyl sites for hydroxylation is 1. The Bertz CT molecular complexity index is 886. The summed E-state index contributed by atoms with van der Waals surface area (Å²) in [5, 5.41) is 5.33. The molecule has 0 aromatic heterocycles. The fraction of sp³-hybridized carbons (Fsp3) is 0.190. The molecule has 0 bridgehead atoms. The highest BCUT2D eigenvalue weighted by Crippen LogP contribution is 2.18. The minimum atomic E-state index is -0.430. The molecule has 2 N–H and O–H groups in total. The lowest BCUT2D eigenvalue weighted by Crippen LogP contribution is -2.29. The van der Waals surface area contributed by atoms with Gasteiger partial charge in [-0.2, -0.15) is 0 Å². The highest BCUT2D eigenvalue weighted by molar-refractivity contribution is 6.08. The maximum atomic E-state index is 12.6. The van der Waals surface area contributed by atoms with Crippen molar-refractivity contribution >= 4 is 35.2 Å². The number of nitrogens with one attached hydrogen (secondary N) is 2. The van der Waals surface area contributed by atoms with Crippen LogP contribution in [0.1, 0.15) is 25.0 Å². The standard InChI is InChI=1S/C21H23N3O3/c1-14-7-5-6-8-17(14)13-20(22-15(2)25)21(27)23-18-9-11-19(12-10-18)24(4)16(3)26/h5-13H,1-4H3,(H,22,25)(H,23,27). The summed E-state index contributed by atoms with van der Waals surface area (Å²) in [6.07, 6.45) is 1.64. The molecule has 0 aliphatic heterocycles. The summed E-state index contributed by atoms with van der Waals surface area (Å²) in [7, 11) is 1.68. The van der Waals surface area contributed by atoms with E-state index >= 15 is 0 Å². The molecule has 3 amide bonds. The van der Waals surface area contributed by atoms with Crippen molar-refractivity contribution in [2.24, 2.45) is 0 Å². The molecule has 0 atom stereocenters. The average Bonchev–Trinajstić information content (AvgIpc) is 2.62. The number of hydrogen-bond acceptors (Lipinski definition) is 3. The van der Waals surface area contributed by atoms with E-state index in [2.05, 4.69) is 10.6 Å². The molecule has 140 valence electrons. The number of amides is 3. The Morgan fingerprint density at radius 3 is 2.15 bits per heavy atom. The Kier molecular flexibility index (Phi) is 6.49. The molecule has 0 aliphatic carbocycles. The van der Waals surface area contributed by atoms with Crippen molar-refractivity contribution in [1.82, 2.24) is 5.32 Å². The maximum Gasteiger partial charge on any atom is 0.272 e. The van der Waals surface area contributed by atoms with Crippen molar-refractivity contribution in [2.75, 3.05) is 17.3 Å². The number of anilines is 2. The summed E-state index contributed by atoms with van der Waals surface area (Å²) in [5.74, 6) is -0.842. The van der Waals surface area contributed by atoms with E-state index in [0.29, 0.717) is 5.69 Å². The lowest BCUT2D eigenvalue weighted by Gasteiger charge is -2.16. The number of benzene rings is 2. The molecule has 0 unspecified atom stereocenters. The van der Waals surface area contributed by atoms with Crippen LogP contribution in [0.15, 0.2) is 54.2 Å². The number of carbonyl (C=O) groups is 3. The van der Waals surface area contributed by atoms with Gasteiger partial charge in [0.15, 0.2) is 0 Å². The Labute approximate surface area is 158 Å². The molecule has 2 rings (SSSR count). The Morgan fingerprint density at radius 2 is 1.59 bits per heavy atom. The molecule has 0 heterocycles. The van der Waals surface area contributed by atoms with Crippen LogP contribution in [-0.4, -0.2) is 24.8 Å². The second-order valence-corrected chi connectivity index (χ2v) is 6.17. The van der Waals surface area contributed by atoms with E-state index in [1.54, 1.807) is 37.4 Å². The number of rotatable bonds is 5. The average molecular weight is 365 g/mol. The summed E-state index contributed by atoms with van der Waals surface area (Å²) in [4.78, 5) is 37.0. The maximum absolute atomic E-state index is 12.6. The predicted octanol–water partition coefficient (Wildman–Crippen LogP) is 3.09. The van der Waals surface area contributed by atoms with Crippen molar-refractivity contribution < 1.29 is 14.4 Å². The van der Waals surface area contributed by atoms with E-state index in [0.717, 1.165) is 16.8 Å². The van der Waals surface area contributed by atoms with Gasteiger partial charge < -0.3 is 15.5 Å². The van der Waals surface area contributed by atoms with Crippen LogP contribution in [0.25, 0.3) is 6.08 Å². The first-order chi connectivity index (χ1) is 12.8. The molecule has 0 fully saturated rings. The van der Waals surface area contributed by atoms with Gasteiger partial charge in [-0.1, -0.05) is 24.3 Å². The van der Waals surface area contributed by atoms with Gasteiger partial charge in [-0.05, 0) is 48.4 Å². The highest BCUT2D eigenvalue weighted by atomic mass is 16.2. The van der Waals surface area contributed by atoms with Crippen molar-refractivity contribution in [1.29, 1.82) is 0 Å². The molecular weight excluding hydrogens is 342 g/mol. The fourth-order valence-corrected chi connectivity index (χ4v) is 2.40. The third kappa shape index (κ3) is 5.54. The van der Waals surface area contributed by atoms with Gasteiger partial charge >= 0.3 is 0 Å². The monoisotopic (exact) mass is 365 g/mol. The Morgan fingerprint density at radius 1 is 0.963 bits per heavy atom. The molecule has 0 radical (unpaired) electrons. The van der Waals surface area contributed by atoms with Crippen LogP contribution in [-0.2, 0) is 14.4 Å². The van der Waals surface area contributed by atoms with E-state index in [-0.39, 0.29) is 17.5 Å². The van der Waals surface area contributed by atoms with E-state index < -0.39 is 5.91 Å². The molecule has 0 saturated carbocycles. The molecule has 2 aromatic rings. The van der Waals surface area contributed by atoms with Crippen LogP contribution >= 0.6 is 0 Å². The molecule has 0 saturated heterocycles. The zero-order valence-corrected chi connectivity index (χ0v) is 15.9. The van der Waals surface area contributed by atoms with Crippen LogP contribution in [0.4, 0.5) is 11.4 Å². The smallest absolute Gasteiger partial charge is 0.272 e. The molecule has 6 heteroatoms. The number of carbonyl (C=O) groups excluding carboxylic acids is 3. The topological polar surface area (TPSA) is 78.5 Å². The van der Waals surface area contributed by atoms with Gasteiger partial charge in [0.1, 0.15) is 5.70 Å². The van der Waals surface area contributed by atoms with E-state index in [9.17, 15) is 14.4 Å². The zero-order chi connectivity index (χ0) is 20.0. The van der Waals surface area contributed by atoms with Crippen LogP contribution in [0.2, 0.25) is 0 Å². The van der Waals surface area contributed by atoms with Crippen LogP contribution < -0.4 is 15.5 Å². The zero-order valence-electron chi connectivity index (χ0n) is 15.9. The van der Waals surface area contributed by atoms with Gasteiger partial charge in [-0.15, -0.1) is 0 Å². The van der Waals surface area contributed by atoms with Gasteiger partial charge in [-0.25, -0.2) is 0 Å². The summed E-state index contributed by atoms with van der Waals surface area (Å²) in [6, 6.07) is 14.4. The fourth-order valence-electron chi connectivity index (χ4n) is 2.40. The van der Waals surface area contributed by atoms with Crippen LogP contribution in [0.3, 0.4) is 0 Å². The van der Waals surface area contributed by atoms with E-state index in [1.165, 1.54) is 18.7 Å². The first-order valence-electron chi connectivity index (χ1n) is 8.48. The molecule has 0 spiro atoms. The van der Waals surface area contributed by atoms with Crippen molar-refractivity contribution in [3.8, 4) is 0 Å². The minimum Gasteiger partial charge on any atom is -0.322 e. The summed E-state index contributed by atoms with van der Waals surface area (Å²) >= 11 is 0. The molecule has 2 aromatic carbocycles. The van der Waals surface area contributed by atoms with Gasteiger partial charge in [0.2, 0.25) is 11.8 Å². The molecular formula is C21H23N3O3. The Hall–Kier alpha value is -3.41. The summed E-state index contributed by atoms with van der Waals surface area (Å²) in [6.45, 7) is 4.76. The highest BCUT2D eigenvalue weighted by Gasteiger charge is 2.13. The Balaban J connectivity index is 2.22. The molecule has 27 heavy (non-hydrogen) atoms. The number of nitrogens with zero attached hydrogens (tertiary/aromatic N) is 1. The summed E-state index contributed by atoms with van der Waals surface area (Å²) in [5.41, 5.74) is 3.26. The lowest BCUT2D eigenvalue weighted by atomic mass is 10.1. The second kappa shape index (κ2) is 8.80. The van der Waals surface area contributed by atoms with Gasteiger partial charge in [-0.3, -0.25) is 14.4 Å². The van der Waals surface area contributed by atoms with Crippen molar-refractivity contribution in [3.05, 3.63) is 65.4 Å². The van der Waals surface area contributed by atoms with E-state index in [4.69, 9.17) is 0 Å². The normalized spacial score (nSPS) is 10.9. The quantitative estimate of drug-likeness (QED) is 0.799. The van der Waals surface area contributed by atoms with Gasteiger partial charge in [0, 0.05) is 32.3 Å². The third-order valence-electron chi connectivity index (χ3n) is 4.03.